The zero-order valence-electron chi connectivity index (χ0n) is 17.7. The molecule has 4 aromatic rings. The number of hydrogen-bond acceptors (Lipinski definition) is 7. The number of nitriles is 1. The summed E-state index contributed by atoms with van der Waals surface area (Å²) in [5.41, 5.74) is 2.80. The Morgan fingerprint density at radius 1 is 1.19 bits per heavy atom. The lowest BCUT2D eigenvalue weighted by molar-refractivity contribution is 0.412. The van der Waals surface area contributed by atoms with Crippen LogP contribution in [0.15, 0.2) is 53.8 Å². The Bertz CT molecular complexity index is 1460. The van der Waals surface area contributed by atoms with E-state index in [1.807, 2.05) is 29.6 Å². The first kappa shape index (κ1) is 20.2. The fraction of sp³-hybridized carbons (Fsp3) is 0.273. The normalized spacial score (nSPS) is 16.0. The second-order valence-corrected chi connectivity index (χ2v) is 9.80. The van der Waals surface area contributed by atoms with Crippen molar-refractivity contribution >= 4 is 26.9 Å². The van der Waals surface area contributed by atoms with E-state index in [9.17, 15) is 8.42 Å². The van der Waals surface area contributed by atoms with Crippen molar-refractivity contribution in [2.24, 2.45) is 0 Å². The molecule has 1 aliphatic rings. The molecule has 3 aromatic heterocycles. The van der Waals surface area contributed by atoms with E-state index < -0.39 is 10.0 Å². The predicted octanol–water partition coefficient (Wildman–Crippen LogP) is 2.50. The maximum Gasteiger partial charge on any atom is 0.269 e. The molecule has 0 fully saturated rings. The van der Waals surface area contributed by atoms with Crippen molar-refractivity contribution in [2.75, 3.05) is 11.9 Å². The number of hydrogen-bond donors (Lipinski definition) is 0. The van der Waals surface area contributed by atoms with Gasteiger partial charge in [-0.25, -0.2) is 22.4 Å². The van der Waals surface area contributed by atoms with Gasteiger partial charge in [0.05, 0.1) is 22.9 Å². The number of aryl methyl sites for hydroxylation is 2. The molecule has 0 aliphatic carbocycles. The van der Waals surface area contributed by atoms with Gasteiger partial charge < -0.3 is 4.90 Å². The van der Waals surface area contributed by atoms with Crippen molar-refractivity contribution in [3.63, 3.8) is 0 Å². The number of aromatic nitrogens is 5. The molecule has 5 rings (SSSR count). The lowest BCUT2D eigenvalue weighted by Gasteiger charge is -2.32. The summed E-state index contributed by atoms with van der Waals surface area (Å²) in [7, 11) is -1.84. The summed E-state index contributed by atoms with van der Waals surface area (Å²) in [6.45, 7) is 2.54. The first-order valence-electron chi connectivity index (χ1n) is 10.2. The smallest absolute Gasteiger partial charge is 0.269 e. The van der Waals surface area contributed by atoms with E-state index in [2.05, 4.69) is 21.1 Å². The van der Waals surface area contributed by atoms with Gasteiger partial charge in [-0.05, 0) is 44.0 Å². The summed E-state index contributed by atoms with van der Waals surface area (Å²) in [6.07, 6.45) is 4.60. The Morgan fingerprint density at radius 3 is 2.72 bits per heavy atom. The van der Waals surface area contributed by atoms with Crippen LogP contribution in [0.2, 0.25) is 0 Å². The van der Waals surface area contributed by atoms with Gasteiger partial charge >= 0.3 is 0 Å². The van der Waals surface area contributed by atoms with E-state index in [4.69, 9.17) is 5.26 Å². The van der Waals surface area contributed by atoms with Gasteiger partial charge in [0, 0.05) is 18.9 Å². The Balaban J connectivity index is 1.51. The molecule has 162 valence electrons. The first-order valence-corrected chi connectivity index (χ1v) is 11.7. The van der Waals surface area contributed by atoms with Crippen molar-refractivity contribution in [1.29, 1.82) is 5.26 Å². The third-order valence-electron chi connectivity index (χ3n) is 5.98. The monoisotopic (exact) mass is 447 g/mol. The van der Waals surface area contributed by atoms with Gasteiger partial charge in [-0.3, -0.25) is 4.68 Å². The summed E-state index contributed by atoms with van der Waals surface area (Å²) in [4.78, 5) is 11.0. The van der Waals surface area contributed by atoms with Gasteiger partial charge in [0.2, 0.25) is 0 Å². The average molecular weight is 448 g/mol. The Morgan fingerprint density at radius 2 is 1.97 bits per heavy atom. The van der Waals surface area contributed by atoms with Gasteiger partial charge in [0.1, 0.15) is 18.2 Å². The second kappa shape index (κ2) is 7.46. The number of benzene rings is 1. The van der Waals surface area contributed by atoms with E-state index in [0.29, 0.717) is 29.1 Å². The van der Waals surface area contributed by atoms with E-state index in [-0.39, 0.29) is 10.9 Å². The Labute approximate surface area is 185 Å². The summed E-state index contributed by atoms with van der Waals surface area (Å²) in [6, 6.07) is 12.5. The molecule has 0 spiro atoms. The number of rotatable bonds is 4. The number of anilines is 1. The highest BCUT2D eigenvalue weighted by molar-refractivity contribution is 7.90. The second-order valence-electron chi connectivity index (χ2n) is 7.98. The molecule has 1 aliphatic heterocycles. The Hall–Kier alpha value is -3.71. The maximum absolute atomic E-state index is 13.2. The molecule has 0 bridgehead atoms. The van der Waals surface area contributed by atoms with Crippen molar-refractivity contribution in [2.45, 2.75) is 37.2 Å². The third kappa shape index (κ3) is 3.22. The van der Waals surface area contributed by atoms with Crippen molar-refractivity contribution in [3.05, 3.63) is 65.9 Å². The molecular formula is C22H21N7O2S. The zero-order chi connectivity index (χ0) is 22.5. The van der Waals surface area contributed by atoms with Crippen molar-refractivity contribution < 1.29 is 8.42 Å². The van der Waals surface area contributed by atoms with Crippen LogP contribution in [0, 0.1) is 18.3 Å². The van der Waals surface area contributed by atoms with Crippen LogP contribution in [0.4, 0.5) is 5.82 Å². The summed E-state index contributed by atoms with van der Waals surface area (Å²) in [5.74, 6) is 0.661. The minimum atomic E-state index is -3.78. The first-order chi connectivity index (χ1) is 15.4. The summed E-state index contributed by atoms with van der Waals surface area (Å²) < 4.78 is 29.5. The van der Waals surface area contributed by atoms with E-state index in [0.717, 1.165) is 24.1 Å². The molecule has 1 aromatic carbocycles. The van der Waals surface area contributed by atoms with E-state index in [1.54, 1.807) is 30.3 Å². The van der Waals surface area contributed by atoms with E-state index >= 15 is 0 Å². The molecule has 4 heterocycles. The highest BCUT2D eigenvalue weighted by atomic mass is 32.2. The van der Waals surface area contributed by atoms with Crippen LogP contribution in [0.5, 0.6) is 0 Å². The molecule has 0 N–H and O–H groups in total. The standard InChI is InChI=1S/C22H21N7O2S/c1-15-3-7-19(8-4-15)32(30,31)29-10-9-20-21(24-14-25-22(20)29)27(2)18-6-5-17-11-16(12-23)26-28(17)13-18/h3-4,7-11,14,18H,5-6,13H2,1-2H3/t18-/m1/s1. The van der Waals surface area contributed by atoms with Crippen molar-refractivity contribution in [3.8, 4) is 6.07 Å². The van der Waals surface area contributed by atoms with Gasteiger partial charge in [-0.2, -0.15) is 10.4 Å². The van der Waals surface area contributed by atoms with Crippen LogP contribution in [0.1, 0.15) is 23.4 Å². The topological polar surface area (TPSA) is 110 Å². The fourth-order valence-corrected chi connectivity index (χ4v) is 5.48. The third-order valence-corrected chi connectivity index (χ3v) is 7.66. The maximum atomic E-state index is 13.2. The van der Waals surface area contributed by atoms with Gasteiger partial charge in [0.25, 0.3) is 10.0 Å². The molecule has 0 saturated carbocycles. The highest BCUT2D eigenvalue weighted by Crippen LogP contribution is 2.29. The predicted molar refractivity (Wildman–Crippen MR) is 119 cm³/mol. The quantitative estimate of drug-likeness (QED) is 0.473. The van der Waals surface area contributed by atoms with Crippen LogP contribution in [0.25, 0.3) is 11.0 Å². The minimum absolute atomic E-state index is 0.101. The molecule has 0 amide bonds. The van der Waals surface area contributed by atoms with Gasteiger partial charge in [0.15, 0.2) is 11.3 Å². The molecular weight excluding hydrogens is 426 g/mol. The molecule has 10 heteroatoms. The SMILES string of the molecule is Cc1ccc(S(=O)(=O)n2ccc3c(N(C)[C@@H]4CCc5cc(C#N)nn5C4)ncnc32)cc1. The molecule has 0 unspecified atom stereocenters. The largest absolute Gasteiger partial charge is 0.354 e. The molecule has 9 nitrogen and oxygen atoms in total. The van der Waals surface area contributed by atoms with Gasteiger partial charge in [-0.15, -0.1) is 0 Å². The molecule has 0 radical (unpaired) electrons. The lowest BCUT2D eigenvalue weighted by Crippen LogP contribution is -2.39. The molecule has 1 atom stereocenters. The highest BCUT2D eigenvalue weighted by Gasteiger charge is 2.27. The van der Waals surface area contributed by atoms with Crippen LogP contribution < -0.4 is 4.90 Å². The number of nitrogens with zero attached hydrogens (tertiary/aromatic N) is 7. The minimum Gasteiger partial charge on any atom is -0.354 e. The van der Waals surface area contributed by atoms with Crippen LogP contribution in [0.3, 0.4) is 0 Å². The molecule has 0 saturated heterocycles. The number of fused-ring (bicyclic) bond motifs is 2. The van der Waals surface area contributed by atoms with Crippen LogP contribution in [-0.2, 0) is 23.0 Å². The summed E-state index contributed by atoms with van der Waals surface area (Å²) >= 11 is 0. The summed E-state index contributed by atoms with van der Waals surface area (Å²) in [5, 5.41) is 14.1. The lowest BCUT2D eigenvalue weighted by atomic mass is 10.0. The number of likely N-dealkylation sites (N-methyl/N-ethyl adjacent to an activating group) is 1. The Kier molecular flexibility index (Phi) is 4.71. The van der Waals surface area contributed by atoms with Crippen molar-refractivity contribution in [1.82, 2.24) is 23.7 Å². The van der Waals surface area contributed by atoms with E-state index in [1.165, 1.54) is 16.5 Å². The average Bonchev–Trinajstić information content (AvgIpc) is 3.42. The van der Waals surface area contributed by atoms with Crippen LogP contribution in [-0.4, -0.2) is 45.2 Å². The van der Waals surface area contributed by atoms with Gasteiger partial charge in [-0.1, -0.05) is 17.7 Å². The van der Waals surface area contributed by atoms with Crippen LogP contribution >= 0.6 is 0 Å². The zero-order valence-corrected chi connectivity index (χ0v) is 18.5. The fourth-order valence-electron chi connectivity index (χ4n) is 4.18. The molecule has 32 heavy (non-hydrogen) atoms.